The lowest BCUT2D eigenvalue weighted by Crippen LogP contribution is -2.16. The second-order valence-electron chi connectivity index (χ2n) is 6.96. The Labute approximate surface area is 169 Å². The van der Waals surface area contributed by atoms with Crippen LogP contribution in [-0.2, 0) is 14.6 Å². The summed E-state index contributed by atoms with van der Waals surface area (Å²) in [7, 11) is -2.99. The van der Waals surface area contributed by atoms with Gasteiger partial charge in [-0.05, 0) is 38.0 Å². The van der Waals surface area contributed by atoms with Gasteiger partial charge in [0.2, 0.25) is 5.78 Å². The molecule has 0 radical (unpaired) electrons. The highest BCUT2D eigenvalue weighted by molar-refractivity contribution is 8.02. The maximum Gasteiger partial charge on any atom is 0.339 e. The first kappa shape index (κ1) is 20.6. The van der Waals surface area contributed by atoms with Gasteiger partial charge in [-0.3, -0.25) is 4.79 Å². The van der Waals surface area contributed by atoms with Crippen LogP contribution in [-0.4, -0.2) is 43.5 Å². The van der Waals surface area contributed by atoms with Crippen LogP contribution >= 0.6 is 11.8 Å². The summed E-state index contributed by atoms with van der Waals surface area (Å²) in [5.74, 6) is -0.534. The van der Waals surface area contributed by atoms with Crippen LogP contribution in [0.3, 0.4) is 0 Å². The fourth-order valence-corrected chi connectivity index (χ4v) is 6.80. The summed E-state index contributed by atoms with van der Waals surface area (Å²) in [6.45, 7) is 3.47. The standard InChI is InChI=1S/C21H22O5S2/c1-14-7-8-17(15(2)11-14)19(22)12-26-21(23)18-5-3-4-6-20(18)27-16-9-10-28(24,25)13-16/h3-8,11,16H,9-10,12-13H2,1-2H3/t16-/m1/s1. The Morgan fingerprint density at radius 2 is 1.86 bits per heavy atom. The minimum Gasteiger partial charge on any atom is -0.454 e. The average molecular weight is 419 g/mol. The van der Waals surface area contributed by atoms with Gasteiger partial charge < -0.3 is 4.74 Å². The number of aryl methyl sites for hydroxylation is 2. The van der Waals surface area contributed by atoms with Crippen molar-refractivity contribution in [1.82, 2.24) is 0 Å². The van der Waals surface area contributed by atoms with E-state index < -0.39 is 15.8 Å². The van der Waals surface area contributed by atoms with E-state index in [4.69, 9.17) is 4.74 Å². The molecule has 0 spiro atoms. The van der Waals surface area contributed by atoms with E-state index in [2.05, 4.69) is 0 Å². The molecule has 3 rings (SSSR count). The fourth-order valence-electron chi connectivity index (χ4n) is 3.18. The van der Waals surface area contributed by atoms with E-state index in [0.29, 0.717) is 22.4 Å². The Balaban J connectivity index is 1.67. The van der Waals surface area contributed by atoms with Crippen LogP contribution in [0.2, 0.25) is 0 Å². The quantitative estimate of drug-likeness (QED) is 0.527. The largest absolute Gasteiger partial charge is 0.454 e. The number of hydrogen-bond donors (Lipinski definition) is 0. The van der Waals surface area contributed by atoms with Crippen molar-refractivity contribution in [2.75, 3.05) is 18.1 Å². The molecular weight excluding hydrogens is 396 g/mol. The molecule has 2 aromatic carbocycles. The topological polar surface area (TPSA) is 77.5 Å². The molecule has 0 aromatic heterocycles. The van der Waals surface area contributed by atoms with Crippen molar-refractivity contribution in [3.05, 3.63) is 64.7 Å². The summed E-state index contributed by atoms with van der Waals surface area (Å²) < 4.78 is 28.6. The van der Waals surface area contributed by atoms with Crippen molar-refractivity contribution in [1.29, 1.82) is 0 Å². The van der Waals surface area contributed by atoms with E-state index >= 15 is 0 Å². The molecule has 1 atom stereocenters. The fraction of sp³-hybridized carbons (Fsp3) is 0.333. The second-order valence-corrected chi connectivity index (χ2v) is 10.5. The number of esters is 1. The van der Waals surface area contributed by atoms with Gasteiger partial charge in [-0.25, -0.2) is 13.2 Å². The van der Waals surface area contributed by atoms with Crippen LogP contribution in [0.25, 0.3) is 0 Å². The highest BCUT2D eigenvalue weighted by Gasteiger charge is 2.29. The Hall–Kier alpha value is -2.12. The zero-order valence-corrected chi connectivity index (χ0v) is 17.4. The van der Waals surface area contributed by atoms with Gasteiger partial charge in [0.05, 0.1) is 17.1 Å². The molecule has 5 nitrogen and oxygen atoms in total. The van der Waals surface area contributed by atoms with Gasteiger partial charge in [-0.15, -0.1) is 11.8 Å². The molecule has 2 aromatic rings. The number of carbonyl (C=O) groups is 2. The molecule has 1 aliphatic heterocycles. The van der Waals surface area contributed by atoms with Crippen LogP contribution in [0.5, 0.6) is 0 Å². The highest BCUT2D eigenvalue weighted by Crippen LogP contribution is 2.33. The predicted molar refractivity (Wildman–Crippen MR) is 110 cm³/mol. The van der Waals surface area contributed by atoms with Crippen LogP contribution in [0.1, 0.15) is 38.3 Å². The number of ketones is 1. The minimum absolute atomic E-state index is 0.0733. The van der Waals surface area contributed by atoms with E-state index in [-0.39, 0.29) is 29.1 Å². The van der Waals surface area contributed by atoms with Crippen LogP contribution in [0.4, 0.5) is 0 Å². The molecule has 1 aliphatic rings. The van der Waals surface area contributed by atoms with E-state index in [1.165, 1.54) is 11.8 Å². The zero-order valence-electron chi connectivity index (χ0n) is 15.8. The van der Waals surface area contributed by atoms with Crippen LogP contribution in [0, 0.1) is 13.8 Å². The van der Waals surface area contributed by atoms with Gasteiger partial charge >= 0.3 is 5.97 Å². The summed E-state index contributed by atoms with van der Waals surface area (Å²) in [5.41, 5.74) is 2.80. The summed E-state index contributed by atoms with van der Waals surface area (Å²) in [5, 5.41) is -0.0733. The molecule has 7 heteroatoms. The molecule has 1 heterocycles. The molecule has 0 bridgehead atoms. The number of sulfone groups is 1. The molecule has 148 valence electrons. The maximum atomic E-state index is 12.5. The molecule has 0 N–H and O–H groups in total. The van der Waals surface area contributed by atoms with Crippen LogP contribution < -0.4 is 0 Å². The third kappa shape index (κ3) is 5.02. The van der Waals surface area contributed by atoms with E-state index in [0.717, 1.165) is 11.1 Å². The van der Waals surface area contributed by atoms with Crippen molar-refractivity contribution in [3.63, 3.8) is 0 Å². The van der Waals surface area contributed by atoms with Gasteiger partial charge in [-0.1, -0.05) is 35.9 Å². The number of hydrogen-bond acceptors (Lipinski definition) is 6. The van der Waals surface area contributed by atoms with E-state index in [1.54, 1.807) is 30.3 Å². The normalized spacial score (nSPS) is 18.0. The monoisotopic (exact) mass is 418 g/mol. The molecule has 28 heavy (non-hydrogen) atoms. The van der Waals surface area contributed by atoms with Gasteiger partial charge in [0, 0.05) is 15.7 Å². The molecule has 1 fully saturated rings. The minimum atomic E-state index is -2.99. The maximum absolute atomic E-state index is 12.5. The first-order valence-electron chi connectivity index (χ1n) is 8.99. The number of ether oxygens (including phenoxy) is 1. The first-order chi connectivity index (χ1) is 13.2. The smallest absolute Gasteiger partial charge is 0.339 e. The van der Waals surface area contributed by atoms with Gasteiger partial charge in [0.25, 0.3) is 0 Å². The van der Waals surface area contributed by atoms with Gasteiger partial charge in [-0.2, -0.15) is 0 Å². The molecule has 0 amide bonds. The van der Waals surface area contributed by atoms with Gasteiger partial charge in [0.15, 0.2) is 16.4 Å². The SMILES string of the molecule is Cc1ccc(C(=O)COC(=O)c2ccccc2S[C@@H]2CCS(=O)(=O)C2)c(C)c1. The lowest BCUT2D eigenvalue weighted by atomic mass is 10.0. The summed E-state index contributed by atoms with van der Waals surface area (Å²) in [6, 6.07) is 12.4. The van der Waals surface area contributed by atoms with E-state index in [9.17, 15) is 18.0 Å². The predicted octanol–water partition coefficient (Wildman–Crippen LogP) is 3.62. The van der Waals surface area contributed by atoms with Crippen LogP contribution in [0.15, 0.2) is 47.4 Å². The van der Waals surface area contributed by atoms with Crippen molar-refractivity contribution in [3.8, 4) is 0 Å². The number of Topliss-reactive ketones (excluding diaryl/α,β-unsaturated/α-hetero) is 1. The number of carbonyl (C=O) groups excluding carboxylic acids is 2. The van der Waals surface area contributed by atoms with E-state index in [1.807, 2.05) is 26.0 Å². The number of thioether (sulfide) groups is 1. The van der Waals surface area contributed by atoms with Crippen molar-refractivity contribution in [2.24, 2.45) is 0 Å². The van der Waals surface area contributed by atoms with Crippen molar-refractivity contribution < 1.29 is 22.7 Å². The Morgan fingerprint density at radius 3 is 2.54 bits per heavy atom. The van der Waals surface area contributed by atoms with Gasteiger partial charge in [0.1, 0.15) is 0 Å². The summed E-state index contributed by atoms with van der Waals surface area (Å²) >= 11 is 1.38. The second kappa shape index (κ2) is 8.49. The number of rotatable bonds is 6. The molecule has 0 aliphatic carbocycles. The molecule has 0 unspecified atom stereocenters. The molecule has 0 saturated carbocycles. The Bertz CT molecular complexity index is 1010. The Kier molecular flexibility index (Phi) is 6.25. The molecular formula is C21H22O5S2. The average Bonchev–Trinajstić information content (AvgIpc) is 2.98. The summed E-state index contributed by atoms with van der Waals surface area (Å²) in [6.07, 6.45) is 0.571. The Morgan fingerprint density at radius 1 is 1.11 bits per heavy atom. The third-order valence-corrected chi connectivity index (χ3v) is 7.93. The lowest BCUT2D eigenvalue weighted by Gasteiger charge is -2.12. The number of benzene rings is 2. The highest BCUT2D eigenvalue weighted by atomic mass is 32.2. The van der Waals surface area contributed by atoms with Crippen molar-refractivity contribution >= 4 is 33.4 Å². The third-order valence-electron chi connectivity index (χ3n) is 4.61. The zero-order chi connectivity index (χ0) is 20.3. The lowest BCUT2D eigenvalue weighted by molar-refractivity contribution is 0.0471. The molecule has 1 saturated heterocycles. The summed E-state index contributed by atoms with van der Waals surface area (Å²) in [4.78, 5) is 25.6. The van der Waals surface area contributed by atoms with Crippen molar-refractivity contribution in [2.45, 2.75) is 30.4 Å². The first-order valence-corrected chi connectivity index (χ1v) is 11.7.